The molecule has 0 bridgehead atoms. The highest BCUT2D eigenvalue weighted by molar-refractivity contribution is 7.88. The third-order valence-corrected chi connectivity index (χ3v) is 6.43. The Bertz CT molecular complexity index is 1150. The summed E-state index contributed by atoms with van der Waals surface area (Å²) in [5.41, 5.74) is 1.20. The molecular formula is C18H20ClFN6O2S. The highest BCUT2D eigenvalue weighted by Gasteiger charge is 2.25. The Kier molecular flexibility index (Phi) is 5.41. The highest BCUT2D eigenvalue weighted by Crippen LogP contribution is 2.28. The zero-order valence-electron chi connectivity index (χ0n) is 15.7. The van der Waals surface area contributed by atoms with Gasteiger partial charge >= 0.3 is 0 Å². The van der Waals surface area contributed by atoms with Crippen LogP contribution in [-0.2, 0) is 10.0 Å². The molecule has 11 heteroatoms. The van der Waals surface area contributed by atoms with Crippen molar-refractivity contribution in [2.75, 3.05) is 31.2 Å². The number of piperidine rings is 1. The molecule has 3 aromatic heterocycles. The molecule has 1 fully saturated rings. The minimum atomic E-state index is -3.21. The lowest BCUT2D eigenvalue weighted by Crippen LogP contribution is -2.41. The van der Waals surface area contributed by atoms with E-state index < -0.39 is 16.0 Å². The van der Waals surface area contributed by atoms with E-state index in [-0.39, 0.29) is 11.7 Å². The van der Waals surface area contributed by atoms with Gasteiger partial charge in [-0.05, 0) is 24.8 Å². The Hall–Kier alpha value is -2.30. The number of nitrogens with one attached hydrogen (secondary N) is 2. The van der Waals surface area contributed by atoms with Gasteiger partial charge in [0.2, 0.25) is 16.0 Å². The Morgan fingerprint density at radius 2 is 2.21 bits per heavy atom. The largest absolute Gasteiger partial charge is 0.370 e. The zero-order chi connectivity index (χ0) is 20.6. The summed E-state index contributed by atoms with van der Waals surface area (Å²) in [6.07, 6.45) is 6.10. The summed E-state index contributed by atoms with van der Waals surface area (Å²) in [5, 5.41) is 4.28. The van der Waals surface area contributed by atoms with Gasteiger partial charge in [0.05, 0.1) is 11.3 Å². The van der Waals surface area contributed by atoms with Gasteiger partial charge in [-0.1, -0.05) is 11.6 Å². The first-order chi connectivity index (χ1) is 13.8. The monoisotopic (exact) mass is 438 g/mol. The average Bonchev–Trinajstić information content (AvgIpc) is 3.08. The molecule has 1 aliphatic heterocycles. The van der Waals surface area contributed by atoms with Crippen LogP contribution in [0.25, 0.3) is 22.4 Å². The second-order valence-electron chi connectivity index (χ2n) is 7.16. The van der Waals surface area contributed by atoms with Crippen molar-refractivity contribution in [3.05, 3.63) is 35.5 Å². The molecule has 0 amide bonds. The van der Waals surface area contributed by atoms with Crippen LogP contribution in [-0.4, -0.2) is 58.5 Å². The molecule has 1 atom stereocenters. The maximum atomic E-state index is 14.2. The van der Waals surface area contributed by atoms with E-state index in [0.29, 0.717) is 47.1 Å². The van der Waals surface area contributed by atoms with Crippen LogP contribution in [0.1, 0.15) is 12.8 Å². The van der Waals surface area contributed by atoms with Crippen molar-refractivity contribution in [3.63, 3.8) is 0 Å². The van der Waals surface area contributed by atoms with Crippen LogP contribution >= 0.6 is 11.6 Å². The standard InChI is InChI=1S/C18H20ClFN6O2S/c1-29(27,28)26-4-2-3-11(10-26)7-21-16-6-15(20)24-18(25-16)14-9-23-17-13(14)5-12(19)8-22-17/h5-6,8-9,11H,2-4,7,10H2,1H3,(H,22,23)(H,21,24,25)/t11-/m0/s1. The van der Waals surface area contributed by atoms with Crippen molar-refractivity contribution in [2.24, 2.45) is 5.92 Å². The van der Waals surface area contributed by atoms with Crippen molar-refractivity contribution in [1.82, 2.24) is 24.2 Å². The second-order valence-corrected chi connectivity index (χ2v) is 9.58. The van der Waals surface area contributed by atoms with Crippen LogP contribution in [0.4, 0.5) is 10.2 Å². The summed E-state index contributed by atoms with van der Waals surface area (Å²) in [6, 6.07) is 2.94. The molecule has 3 aromatic rings. The van der Waals surface area contributed by atoms with Crippen LogP contribution < -0.4 is 5.32 Å². The maximum absolute atomic E-state index is 14.2. The van der Waals surface area contributed by atoms with E-state index in [2.05, 4.69) is 25.3 Å². The molecule has 0 aliphatic carbocycles. The van der Waals surface area contributed by atoms with E-state index in [4.69, 9.17) is 11.6 Å². The van der Waals surface area contributed by atoms with Crippen molar-refractivity contribution in [2.45, 2.75) is 12.8 Å². The number of aromatic amines is 1. The predicted octanol–water partition coefficient (Wildman–Crippen LogP) is 2.90. The van der Waals surface area contributed by atoms with E-state index in [1.807, 2.05) is 0 Å². The van der Waals surface area contributed by atoms with E-state index in [0.717, 1.165) is 12.8 Å². The quantitative estimate of drug-likeness (QED) is 0.593. The van der Waals surface area contributed by atoms with Crippen LogP contribution in [0.15, 0.2) is 24.5 Å². The van der Waals surface area contributed by atoms with E-state index >= 15 is 0 Å². The first-order valence-electron chi connectivity index (χ1n) is 9.16. The summed E-state index contributed by atoms with van der Waals surface area (Å²) in [4.78, 5) is 15.5. The number of anilines is 1. The fourth-order valence-corrected chi connectivity index (χ4v) is 4.64. The summed E-state index contributed by atoms with van der Waals surface area (Å²) in [5.74, 6) is 0.0110. The number of rotatable bonds is 5. The fourth-order valence-electron chi connectivity index (χ4n) is 3.54. The van der Waals surface area contributed by atoms with Crippen molar-refractivity contribution in [1.29, 1.82) is 0 Å². The van der Waals surface area contributed by atoms with Crippen molar-refractivity contribution in [3.8, 4) is 11.4 Å². The third-order valence-electron chi connectivity index (χ3n) is 4.96. The maximum Gasteiger partial charge on any atom is 0.218 e. The molecule has 4 rings (SSSR count). The lowest BCUT2D eigenvalue weighted by atomic mass is 10.00. The second kappa shape index (κ2) is 7.85. The molecule has 0 spiro atoms. The minimum Gasteiger partial charge on any atom is -0.370 e. The number of halogens is 2. The molecule has 4 heterocycles. The third kappa shape index (κ3) is 4.49. The Morgan fingerprint density at radius 3 is 3.00 bits per heavy atom. The summed E-state index contributed by atoms with van der Waals surface area (Å²) in [7, 11) is -3.21. The predicted molar refractivity (Wildman–Crippen MR) is 110 cm³/mol. The van der Waals surface area contributed by atoms with Gasteiger partial charge in [-0.3, -0.25) is 0 Å². The van der Waals surface area contributed by atoms with Gasteiger partial charge in [0.1, 0.15) is 11.5 Å². The Labute approximate surface area is 172 Å². The van der Waals surface area contributed by atoms with Crippen LogP contribution in [0.2, 0.25) is 5.02 Å². The lowest BCUT2D eigenvalue weighted by Gasteiger charge is -2.31. The highest BCUT2D eigenvalue weighted by atomic mass is 35.5. The summed E-state index contributed by atoms with van der Waals surface area (Å²) >= 11 is 6.03. The number of hydrogen-bond donors (Lipinski definition) is 2. The number of sulfonamides is 1. The van der Waals surface area contributed by atoms with Gasteiger partial charge in [0.25, 0.3) is 0 Å². The number of aromatic nitrogens is 4. The van der Waals surface area contributed by atoms with Gasteiger partial charge in [-0.2, -0.15) is 9.37 Å². The van der Waals surface area contributed by atoms with Gasteiger partial charge in [-0.25, -0.2) is 22.7 Å². The molecule has 8 nitrogen and oxygen atoms in total. The van der Waals surface area contributed by atoms with E-state index in [9.17, 15) is 12.8 Å². The first-order valence-corrected chi connectivity index (χ1v) is 11.4. The van der Waals surface area contributed by atoms with Gasteiger partial charge in [0, 0.05) is 49.0 Å². The number of nitrogens with zero attached hydrogens (tertiary/aromatic N) is 4. The molecule has 1 aliphatic rings. The molecule has 1 saturated heterocycles. The average molecular weight is 439 g/mol. The van der Waals surface area contributed by atoms with Gasteiger partial charge < -0.3 is 10.3 Å². The Balaban J connectivity index is 1.54. The fraction of sp³-hybridized carbons (Fsp3) is 0.389. The van der Waals surface area contributed by atoms with Crippen LogP contribution in [0.5, 0.6) is 0 Å². The van der Waals surface area contributed by atoms with Crippen molar-refractivity contribution >= 4 is 38.5 Å². The minimum absolute atomic E-state index is 0.121. The number of pyridine rings is 1. The van der Waals surface area contributed by atoms with Crippen molar-refractivity contribution < 1.29 is 12.8 Å². The summed E-state index contributed by atoms with van der Waals surface area (Å²) in [6.45, 7) is 1.47. The lowest BCUT2D eigenvalue weighted by molar-refractivity contribution is 0.276. The topological polar surface area (TPSA) is 104 Å². The SMILES string of the molecule is CS(=O)(=O)N1CCC[C@@H](CNc2cc(F)nc(-c3c[nH]c4ncc(Cl)cc34)n2)C1. The molecule has 0 saturated carbocycles. The zero-order valence-corrected chi connectivity index (χ0v) is 17.3. The number of hydrogen-bond acceptors (Lipinski definition) is 6. The van der Waals surface area contributed by atoms with Gasteiger partial charge in [0.15, 0.2) is 5.82 Å². The number of fused-ring (bicyclic) bond motifs is 1. The first kappa shape index (κ1) is 20.0. The normalized spacial score (nSPS) is 18.2. The molecule has 0 unspecified atom stereocenters. The number of H-pyrrole nitrogens is 1. The molecule has 29 heavy (non-hydrogen) atoms. The smallest absolute Gasteiger partial charge is 0.218 e. The molecule has 154 valence electrons. The van der Waals surface area contributed by atoms with Crippen LogP contribution in [0.3, 0.4) is 0 Å². The Morgan fingerprint density at radius 1 is 1.38 bits per heavy atom. The summed E-state index contributed by atoms with van der Waals surface area (Å²) < 4.78 is 39.2. The van der Waals surface area contributed by atoms with E-state index in [1.165, 1.54) is 22.8 Å². The molecule has 2 N–H and O–H groups in total. The van der Waals surface area contributed by atoms with Gasteiger partial charge in [-0.15, -0.1) is 0 Å². The van der Waals surface area contributed by atoms with Crippen LogP contribution in [0, 0.1) is 11.9 Å². The van der Waals surface area contributed by atoms with E-state index in [1.54, 1.807) is 12.3 Å². The molecule has 0 radical (unpaired) electrons. The molecule has 0 aromatic carbocycles. The molecular weight excluding hydrogens is 419 g/mol.